The number of rotatable bonds is 4. The van der Waals surface area contributed by atoms with Crippen molar-refractivity contribution in [3.8, 4) is 5.75 Å². The highest BCUT2D eigenvalue weighted by Gasteiger charge is 2.45. The molecule has 0 aliphatic carbocycles. The van der Waals surface area contributed by atoms with Crippen molar-refractivity contribution in [2.45, 2.75) is 25.5 Å². The van der Waals surface area contributed by atoms with Crippen molar-refractivity contribution in [3.63, 3.8) is 0 Å². The second kappa shape index (κ2) is 6.86. The number of carbonyl (C=O) groups is 1. The lowest BCUT2D eigenvalue weighted by Crippen LogP contribution is -2.43. The molecule has 0 bridgehead atoms. The van der Waals surface area contributed by atoms with Gasteiger partial charge in [-0.3, -0.25) is 4.79 Å². The lowest BCUT2D eigenvalue weighted by atomic mass is 9.96. The number of carbonyl (C=O) groups excluding carboxylic acids is 1. The number of methoxy groups -OCH3 is 1. The van der Waals surface area contributed by atoms with Crippen LogP contribution in [-0.4, -0.2) is 28.8 Å². The van der Waals surface area contributed by atoms with Crippen LogP contribution in [0.5, 0.6) is 5.75 Å². The van der Waals surface area contributed by atoms with Gasteiger partial charge in [0.2, 0.25) is 0 Å². The van der Waals surface area contributed by atoms with E-state index in [4.69, 9.17) is 16.3 Å². The molecule has 6 heteroatoms. The zero-order valence-electron chi connectivity index (χ0n) is 14.1. The van der Waals surface area contributed by atoms with E-state index < -0.39 is 11.6 Å². The molecule has 0 aromatic heterocycles. The average Bonchev–Trinajstić information content (AvgIpc) is 2.99. The van der Waals surface area contributed by atoms with Gasteiger partial charge in [0.05, 0.1) is 7.11 Å². The van der Waals surface area contributed by atoms with Gasteiger partial charge in [-0.1, -0.05) is 36.7 Å². The minimum atomic E-state index is -1.53. The van der Waals surface area contributed by atoms with Crippen molar-refractivity contribution in [1.29, 1.82) is 0 Å². The zero-order chi connectivity index (χ0) is 18.0. The van der Waals surface area contributed by atoms with E-state index in [0.29, 0.717) is 28.3 Å². The Hall–Kier alpha value is -2.37. The molecule has 0 radical (unpaired) electrons. The van der Waals surface area contributed by atoms with Crippen LogP contribution in [0.4, 0.5) is 0 Å². The minimum Gasteiger partial charge on any atom is -0.497 e. The topological polar surface area (TPSA) is 62.1 Å². The highest BCUT2D eigenvalue weighted by atomic mass is 35.5. The Labute approximate surface area is 151 Å². The van der Waals surface area contributed by atoms with Gasteiger partial charge in [-0.2, -0.15) is 10.1 Å². The van der Waals surface area contributed by atoms with Crippen LogP contribution >= 0.6 is 11.6 Å². The van der Waals surface area contributed by atoms with E-state index in [0.717, 1.165) is 10.7 Å². The first-order valence-corrected chi connectivity index (χ1v) is 8.39. The van der Waals surface area contributed by atoms with Gasteiger partial charge in [0.25, 0.3) is 5.91 Å². The summed E-state index contributed by atoms with van der Waals surface area (Å²) in [6.07, 6.45) is 0.917. The predicted octanol–water partition coefficient (Wildman–Crippen LogP) is 3.81. The van der Waals surface area contributed by atoms with Crippen LogP contribution in [0.2, 0.25) is 5.02 Å². The number of ether oxygens (including phenoxy) is 1. The Morgan fingerprint density at radius 2 is 2.04 bits per heavy atom. The second-order valence-electron chi connectivity index (χ2n) is 5.87. The monoisotopic (exact) mass is 358 g/mol. The van der Waals surface area contributed by atoms with Crippen LogP contribution in [0, 0.1) is 0 Å². The van der Waals surface area contributed by atoms with Gasteiger partial charge in [0, 0.05) is 28.3 Å². The SMILES string of the molecule is CCC1=NN(C(=O)c2cccc(Cl)c2)[C@](O)(c2ccc(OC)cc2)C1. The molecule has 1 N–H and O–H groups in total. The summed E-state index contributed by atoms with van der Waals surface area (Å²) in [5.74, 6) is 0.277. The zero-order valence-corrected chi connectivity index (χ0v) is 14.8. The van der Waals surface area contributed by atoms with Gasteiger partial charge >= 0.3 is 0 Å². The van der Waals surface area contributed by atoms with Crippen LogP contribution in [0.25, 0.3) is 0 Å². The van der Waals surface area contributed by atoms with Crippen molar-refractivity contribution in [3.05, 3.63) is 64.7 Å². The molecule has 0 saturated heterocycles. The van der Waals surface area contributed by atoms with E-state index in [1.807, 2.05) is 6.92 Å². The summed E-state index contributed by atoms with van der Waals surface area (Å²) in [5.41, 5.74) is 0.182. The second-order valence-corrected chi connectivity index (χ2v) is 6.31. The molecular formula is C19H19ClN2O3. The predicted molar refractivity (Wildman–Crippen MR) is 96.9 cm³/mol. The summed E-state index contributed by atoms with van der Waals surface area (Å²) in [7, 11) is 1.58. The van der Waals surface area contributed by atoms with Gasteiger partial charge < -0.3 is 9.84 Å². The average molecular weight is 359 g/mol. The molecule has 3 rings (SSSR count). The van der Waals surface area contributed by atoms with E-state index >= 15 is 0 Å². The molecule has 2 aromatic carbocycles. The van der Waals surface area contributed by atoms with E-state index in [1.165, 1.54) is 0 Å². The summed E-state index contributed by atoms with van der Waals surface area (Å²) in [6, 6.07) is 13.6. The standard InChI is InChI=1S/C19H19ClN2O3/c1-3-16-12-19(24,14-7-9-17(25-2)10-8-14)22(21-16)18(23)13-5-4-6-15(20)11-13/h4-11,24H,3,12H2,1-2H3/t19-/m1/s1. The van der Waals surface area contributed by atoms with Crippen LogP contribution in [0.3, 0.4) is 0 Å². The first-order valence-electron chi connectivity index (χ1n) is 8.01. The molecule has 2 aromatic rings. The lowest BCUT2D eigenvalue weighted by molar-refractivity contribution is -0.0765. The van der Waals surface area contributed by atoms with Gasteiger partial charge in [-0.05, 0) is 36.8 Å². The molecule has 1 amide bonds. The number of benzene rings is 2. The minimum absolute atomic E-state index is 0.266. The van der Waals surface area contributed by atoms with Crippen LogP contribution < -0.4 is 4.74 Å². The summed E-state index contributed by atoms with van der Waals surface area (Å²) >= 11 is 5.99. The van der Waals surface area contributed by atoms with Crippen molar-refractivity contribution < 1.29 is 14.6 Å². The fraction of sp³-hybridized carbons (Fsp3) is 0.263. The number of nitrogens with zero attached hydrogens (tertiary/aromatic N) is 2. The number of hydrazone groups is 1. The molecule has 0 saturated carbocycles. The Morgan fingerprint density at radius 3 is 2.64 bits per heavy atom. The number of aliphatic hydroxyl groups is 1. The fourth-order valence-electron chi connectivity index (χ4n) is 2.85. The molecule has 0 spiro atoms. The van der Waals surface area contributed by atoms with Crippen LogP contribution in [0.1, 0.15) is 35.7 Å². The molecule has 1 atom stereocenters. The first kappa shape index (κ1) is 17.5. The Morgan fingerprint density at radius 1 is 1.32 bits per heavy atom. The normalized spacial score (nSPS) is 19.7. The fourth-order valence-corrected chi connectivity index (χ4v) is 3.04. The number of hydrogen-bond acceptors (Lipinski definition) is 4. The van der Waals surface area contributed by atoms with Crippen molar-refractivity contribution >= 4 is 23.2 Å². The van der Waals surface area contributed by atoms with Crippen molar-refractivity contribution in [2.24, 2.45) is 5.10 Å². The Kier molecular flexibility index (Phi) is 4.79. The van der Waals surface area contributed by atoms with Gasteiger partial charge in [0.1, 0.15) is 5.75 Å². The summed E-state index contributed by atoms with van der Waals surface area (Å²) in [4.78, 5) is 12.9. The van der Waals surface area contributed by atoms with Crippen molar-refractivity contribution in [1.82, 2.24) is 5.01 Å². The molecule has 1 aliphatic rings. The Bertz CT molecular complexity index is 820. The first-order chi connectivity index (χ1) is 12.0. The summed E-state index contributed by atoms with van der Waals surface area (Å²) in [5, 5.41) is 17.3. The van der Waals surface area contributed by atoms with Gasteiger partial charge in [0.15, 0.2) is 5.72 Å². The van der Waals surface area contributed by atoms with Gasteiger partial charge in [-0.15, -0.1) is 0 Å². The number of amides is 1. The lowest BCUT2D eigenvalue weighted by Gasteiger charge is -2.31. The van der Waals surface area contributed by atoms with Crippen LogP contribution in [-0.2, 0) is 5.72 Å². The summed E-state index contributed by atoms with van der Waals surface area (Å²) < 4.78 is 5.16. The van der Waals surface area contributed by atoms with E-state index in [9.17, 15) is 9.90 Å². The maximum Gasteiger partial charge on any atom is 0.276 e. The maximum atomic E-state index is 12.9. The quantitative estimate of drug-likeness (QED) is 0.904. The molecule has 130 valence electrons. The number of hydrogen-bond donors (Lipinski definition) is 1. The Balaban J connectivity index is 2.01. The van der Waals surface area contributed by atoms with E-state index in [2.05, 4.69) is 5.10 Å². The van der Waals surface area contributed by atoms with E-state index in [1.54, 1.807) is 55.6 Å². The van der Waals surface area contributed by atoms with Gasteiger partial charge in [-0.25, -0.2) is 0 Å². The molecule has 1 aliphatic heterocycles. The summed E-state index contributed by atoms with van der Waals surface area (Å²) in [6.45, 7) is 1.95. The van der Waals surface area contributed by atoms with E-state index in [-0.39, 0.29) is 6.42 Å². The molecular weight excluding hydrogens is 340 g/mol. The highest BCUT2D eigenvalue weighted by molar-refractivity contribution is 6.31. The third kappa shape index (κ3) is 3.25. The number of halogens is 1. The van der Waals surface area contributed by atoms with Crippen LogP contribution in [0.15, 0.2) is 53.6 Å². The highest BCUT2D eigenvalue weighted by Crippen LogP contribution is 2.37. The molecule has 25 heavy (non-hydrogen) atoms. The molecule has 1 heterocycles. The molecule has 0 fully saturated rings. The third-order valence-corrected chi connectivity index (χ3v) is 4.50. The van der Waals surface area contributed by atoms with Crippen molar-refractivity contribution in [2.75, 3.05) is 7.11 Å². The molecule has 0 unspecified atom stereocenters. The third-order valence-electron chi connectivity index (χ3n) is 4.27. The largest absolute Gasteiger partial charge is 0.497 e. The molecule has 5 nitrogen and oxygen atoms in total. The smallest absolute Gasteiger partial charge is 0.276 e. The maximum absolute atomic E-state index is 12.9.